The summed E-state index contributed by atoms with van der Waals surface area (Å²) in [7, 11) is 0. The molecule has 0 radical (unpaired) electrons. The molecule has 3 saturated heterocycles. The van der Waals surface area contributed by atoms with Gasteiger partial charge in [-0.1, -0.05) is 43.5 Å². The van der Waals surface area contributed by atoms with Crippen LogP contribution in [-0.2, 0) is 14.4 Å². The van der Waals surface area contributed by atoms with Crippen LogP contribution >= 0.6 is 23.4 Å². The fourth-order valence-electron chi connectivity index (χ4n) is 5.87. The number of amides is 3. The van der Waals surface area contributed by atoms with Crippen molar-refractivity contribution < 1.29 is 19.5 Å². The number of hydrogen-bond donors (Lipinski definition) is 3. The second kappa shape index (κ2) is 10.9. The first-order valence-electron chi connectivity index (χ1n) is 12.4. The van der Waals surface area contributed by atoms with E-state index in [0.717, 1.165) is 44.9 Å². The third-order valence-corrected chi connectivity index (χ3v) is 9.62. The van der Waals surface area contributed by atoms with E-state index in [4.69, 9.17) is 16.7 Å². The second-order valence-electron chi connectivity index (χ2n) is 9.49. The van der Waals surface area contributed by atoms with E-state index in [1.807, 2.05) is 13.0 Å². The number of fused-ring (bicyclic) bond motifs is 1. The first-order chi connectivity index (χ1) is 16.4. The first kappa shape index (κ1) is 25.3. The zero-order valence-electron chi connectivity index (χ0n) is 19.6. The van der Waals surface area contributed by atoms with Gasteiger partial charge in [0.15, 0.2) is 0 Å². The Morgan fingerprint density at radius 1 is 1.21 bits per heavy atom. The molecule has 3 N–H and O–H groups in total. The molecule has 0 aromatic heterocycles. The van der Waals surface area contributed by atoms with Gasteiger partial charge in [0.05, 0.1) is 27.3 Å². The van der Waals surface area contributed by atoms with Crippen molar-refractivity contribution in [2.45, 2.75) is 67.9 Å². The molecule has 1 spiro atoms. The molecule has 3 amide bonds. The second-order valence-corrected chi connectivity index (χ2v) is 11.5. The molecule has 2 unspecified atom stereocenters. The number of aliphatic hydroxyl groups is 1. The largest absolute Gasteiger partial charge is 0.396 e. The van der Waals surface area contributed by atoms with Gasteiger partial charge in [-0.2, -0.15) is 0 Å². The quantitative estimate of drug-likeness (QED) is 0.398. The maximum Gasteiger partial charge on any atom is 0.248 e. The van der Waals surface area contributed by atoms with Crippen LogP contribution in [-0.4, -0.2) is 63.5 Å². The topological polar surface area (TPSA) is 98.7 Å². The Labute approximate surface area is 210 Å². The van der Waals surface area contributed by atoms with Crippen molar-refractivity contribution >= 4 is 46.8 Å². The highest BCUT2D eigenvalue weighted by Crippen LogP contribution is 2.66. The normalized spacial score (nSPS) is 29.4. The lowest BCUT2D eigenvalue weighted by atomic mass is 9.70. The number of carbonyl (C=O) groups is 3. The number of nitrogens with zero attached hydrogens (tertiary/aromatic N) is 1. The highest BCUT2D eigenvalue weighted by molar-refractivity contribution is 8.02. The van der Waals surface area contributed by atoms with E-state index in [-0.39, 0.29) is 29.6 Å². The molecule has 3 aliphatic heterocycles. The van der Waals surface area contributed by atoms with Gasteiger partial charge >= 0.3 is 0 Å². The predicted molar refractivity (Wildman–Crippen MR) is 135 cm³/mol. The van der Waals surface area contributed by atoms with Crippen LogP contribution < -0.4 is 10.6 Å². The Morgan fingerprint density at radius 2 is 1.97 bits per heavy atom. The molecule has 0 aliphatic carbocycles. The van der Waals surface area contributed by atoms with Gasteiger partial charge in [0, 0.05) is 24.9 Å². The number of halogens is 1. The van der Waals surface area contributed by atoms with Gasteiger partial charge < -0.3 is 20.6 Å². The zero-order chi connectivity index (χ0) is 24.3. The van der Waals surface area contributed by atoms with Crippen molar-refractivity contribution in [2.75, 3.05) is 25.0 Å². The van der Waals surface area contributed by atoms with Gasteiger partial charge in [-0.15, -0.1) is 11.8 Å². The van der Waals surface area contributed by atoms with E-state index in [9.17, 15) is 14.4 Å². The lowest BCUT2D eigenvalue weighted by Gasteiger charge is -2.34. The van der Waals surface area contributed by atoms with Gasteiger partial charge in [0.1, 0.15) is 6.04 Å². The van der Waals surface area contributed by atoms with Crippen molar-refractivity contribution in [1.82, 2.24) is 10.2 Å². The van der Waals surface area contributed by atoms with Crippen LogP contribution in [0.15, 0.2) is 24.3 Å². The number of likely N-dealkylation sites (tertiary alicyclic amines) is 1. The maximum absolute atomic E-state index is 13.8. The fraction of sp³-hybridized carbons (Fsp3) is 0.640. The molecule has 186 valence electrons. The van der Waals surface area contributed by atoms with E-state index >= 15 is 0 Å². The molecule has 3 aliphatic rings. The van der Waals surface area contributed by atoms with Gasteiger partial charge in [-0.05, 0) is 44.2 Å². The van der Waals surface area contributed by atoms with E-state index in [1.165, 1.54) is 0 Å². The molecule has 1 aromatic rings. The Morgan fingerprint density at radius 3 is 2.71 bits per heavy atom. The van der Waals surface area contributed by atoms with Crippen LogP contribution in [0, 0.1) is 11.8 Å². The molecular formula is C25H34ClN3O4S. The minimum Gasteiger partial charge on any atom is -0.396 e. The summed E-state index contributed by atoms with van der Waals surface area (Å²) >= 11 is 7.97. The lowest BCUT2D eigenvalue weighted by Crippen LogP contribution is -2.52. The van der Waals surface area contributed by atoms with Gasteiger partial charge in [-0.25, -0.2) is 0 Å². The maximum atomic E-state index is 13.8. The van der Waals surface area contributed by atoms with Gasteiger partial charge in [0.2, 0.25) is 17.7 Å². The molecule has 9 heteroatoms. The van der Waals surface area contributed by atoms with Crippen LogP contribution in [0.5, 0.6) is 0 Å². The number of unbranched alkanes of at least 4 members (excludes halogenated alkanes) is 3. The van der Waals surface area contributed by atoms with Gasteiger partial charge in [0.25, 0.3) is 0 Å². The van der Waals surface area contributed by atoms with Crippen molar-refractivity contribution in [3.63, 3.8) is 0 Å². The van der Waals surface area contributed by atoms with Crippen LogP contribution in [0.25, 0.3) is 0 Å². The Balaban J connectivity index is 1.61. The van der Waals surface area contributed by atoms with Crippen molar-refractivity contribution in [2.24, 2.45) is 11.8 Å². The van der Waals surface area contributed by atoms with Crippen LogP contribution in [0.4, 0.5) is 5.69 Å². The Hall–Kier alpha value is -1.77. The Bertz CT molecular complexity index is 931. The number of carbonyl (C=O) groups excluding carboxylic acids is 3. The third kappa shape index (κ3) is 4.56. The highest BCUT2D eigenvalue weighted by atomic mass is 35.5. The summed E-state index contributed by atoms with van der Waals surface area (Å²) in [4.78, 5) is 42.3. The van der Waals surface area contributed by atoms with Crippen molar-refractivity contribution in [1.29, 1.82) is 0 Å². The van der Waals surface area contributed by atoms with E-state index in [2.05, 4.69) is 10.6 Å². The molecule has 5 atom stereocenters. The molecule has 3 fully saturated rings. The van der Waals surface area contributed by atoms with Crippen LogP contribution in [0.1, 0.15) is 51.9 Å². The summed E-state index contributed by atoms with van der Waals surface area (Å²) in [6.45, 7) is 3.22. The molecule has 7 nitrogen and oxygen atoms in total. The summed E-state index contributed by atoms with van der Waals surface area (Å²) in [6, 6.07) is 6.45. The Kier molecular flexibility index (Phi) is 8.10. The average Bonchev–Trinajstić information content (AvgIpc) is 3.46. The molecular weight excluding hydrogens is 474 g/mol. The summed E-state index contributed by atoms with van der Waals surface area (Å²) in [5.41, 5.74) is 0.527. The minimum atomic E-state index is -0.641. The molecule has 1 aromatic carbocycles. The minimum absolute atomic E-state index is 0.0608. The number of aliphatic hydroxyl groups excluding tert-OH is 1. The number of thioether (sulfide) groups is 1. The predicted octanol–water partition coefficient (Wildman–Crippen LogP) is 3.45. The van der Waals surface area contributed by atoms with Crippen LogP contribution in [0.2, 0.25) is 5.02 Å². The summed E-state index contributed by atoms with van der Waals surface area (Å²) in [6.07, 6.45) is 5.65. The van der Waals surface area contributed by atoms with Crippen molar-refractivity contribution in [3.05, 3.63) is 29.3 Å². The number of nitrogens with one attached hydrogen (secondary N) is 2. The average molecular weight is 508 g/mol. The highest BCUT2D eigenvalue weighted by Gasteiger charge is 2.73. The molecule has 3 heterocycles. The molecule has 0 saturated carbocycles. The summed E-state index contributed by atoms with van der Waals surface area (Å²) in [5.74, 6) is -1.25. The smallest absolute Gasteiger partial charge is 0.248 e. The SMILES string of the molecule is CCCNC(=O)[C@@H]1[C@H]2C(=O)N(CCCCCCO)C(C(=O)Nc3ccccc3Cl)C23CC[C@H]1S3. The fourth-order valence-corrected chi connectivity index (χ4v) is 8.27. The standard InChI is InChI=1S/C25H34ClN3O4S/c1-2-13-27-22(31)19-18-11-12-25(34-18)20(19)24(33)29(14-7-3-4-8-15-30)21(25)23(32)28-17-10-6-5-9-16(17)26/h5-6,9-10,18-21,30H,2-4,7-8,11-15H2,1H3,(H,27,31)(H,28,32)/t18-,19+,20+,21?,25?/m1/s1. The number of hydrogen-bond acceptors (Lipinski definition) is 5. The first-order valence-corrected chi connectivity index (χ1v) is 13.6. The monoisotopic (exact) mass is 507 g/mol. The molecule has 4 rings (SSSR count). The lowest BCUT2D eigenvalue weighted by molar-refractivity contribution is -0.139. The third-order valence-electron chi connectivity index (χ3n) is 7.34. The summed E-state index contributed by atoms with van der Waals surface area (Å²) < 4.78 is -0.591. The van der Waals surface area contributed by atoms with Crippen molar-refractivity contribution in [3.8, 4) is 0 Å². The van der Waals surface area contributed by atoms with E-state index < -0.39 is 22.6 Å². The number of para-hydroxylation sites is 1. The van der Waals surface area contributed by atoms with E-state index in [0.29, 0.717) is 23.8 Å². The molecule has 34 heavy (non-hydrogen) atoms. The van der Waals surface area contributed by atoms with Gasteiger partial charge in [-0.3, -0.25) is 14.4 Å². The molecule has 2 bridgehead atoms. The zero-order valence-corrected chi connectivity index (χ0v) is 21.2. The van der Waals surface area contributed by atoms with Crippen LogP contribution in [0.3, 0.4) is 0 Å². The number of rotatable bonds is 11. The summed E-state index contributed by atoms with van der Waals surface area (Å²) in [5, 5.41) is 15.5. The number of benzene rings is 1. The number of anilines is 1. The van der Waals surface area contributed by atoms with E-state index in [1.54, 1.807) is 34.9 Å².